The maximum atomic E-state index is 11.3. The number of ether oxygens (including phenoxy) is 1. The molecular formula is C10H9NO5. The van der Waals surface area contributed by atoms with Crippen LogP contribution in [0.3, 0.4) is 0 Å². The number of carbonyl (C=O) groups excluding carboxylic acids is 3. The third-order valence-corrected chi connectivity index (χ3v) is 1.65. The van der Waals surface area contributed by atoms with Crippen LogP contribution in [-0.4, -0.2) is 30.5 Å². The summed E-state index contributed by atoms with van der Waals surface area (Å²) in [5, 5.41) is 3.43. The van der Waals surface area contributed by atoms with Crippen molar-refractivity contribution in [3.05, 3.63) is 23.8 Å². The highest BCUT2D eigenvalue weighted by atomic mass is 16.7. The second-order valence-electron chi connectivity index (χ2n) is 2.85. The Hall–Kier alpha value is -2.24. The number of allylic oxidation sites excluding steroid dienone is 3. The van der Waals surface area contributed by atoms with E-state index in [-0.39, 0.29) is 11.3 Å². The number of rotatable bonds is 2. The van der Waals surface area contributed by atoms with Crippen molar-refractivity contribution >= 4 is 23.4 Å². The molecule has 0 aliphatic heterocycles. The molecule has 0 aromatic rings. The van der Waals surface area contributed by atoms with Gasteiger partial charge in [0.1, 0.15) is 11.3 Å². The highest BCUT2D eigenvalue weighted by Crippen LogP contribution is 2.08. The third kappa shape index (κ3) is 2.88. The molecule has 0 bridgehead atoms. The number of nitrogens with zero attached hydrogens (tertiary/aromatic N) is 1. The average Bonchev–Trinajstić information content (AvgIpc) is 2.27. The smallest absolute Gasteiger partial charge is 0.341 e. The Kier molecular flexibility index (Phi) is 3.71. The van der Waals surface area contributed by atoms with E-state index in [2.05, 4.69) is 14.7 Å². The number of esters is 1. The molecule has 16 heavy (non-hydrogen) atoms. The number of hydrogen-bond donors (Lipinski definition) is 0. The van der Waals surface area contributed by atoms with E-state index < -0.39 is 17.7 Å². The maximum absolute atomic E-state index is 11.3. The molecule has 0 aromatic carbocycles. The molecule has 0 saturated heterocycles. The van der Waals surface area contributed by atoms with Gasteiger partial charge < -0.3 is 9.57 Å². The van der Waals surface area contributed by atoms with Crippen molar-refractivity contribution in [3.8, 4) is 0 Å². The van der Waals surface area contributed by atoms with Gasteiger partial charge >= 0.3 is 11.9 Å². The van der Waals surface area contributed by atoms with Crippen LogP contribution in [0.1, 0.15) is 6.92 Å². The van der Waals surface area contributed by atoms with Gasteiger partial charge in [-0.2, -0.15) is 0 Å². The second-order valence-corrected chi connectivity index (χ2v) is 2.85. The lowest BCUT2D eigenvalue weighted by Crippen LogP contribution is -2.17. The topological polar surface area (TPSA) is 82.0 Å². The van der Waals surface area contributed by atoms with Gasteiger partial charge in [-0.15, -0.1) is 0 Å². The van der Waals surface area contributed by atoms with Gasteiger partial charge in [0.05, 0.1) is 7.11 Å². The van der Waals surface area contributed by atoms with Gasteiger partial charge in [0.2, 0.25) is 0 Å². The predicted octanol–water partition coefficient (Wildman–Crippen LogP) is 0.144. The van der Waals surface area contributed by atoms with Crippen molar-refractivity contribution in [2.75, 3.05) is 7.11 Å². The van der Waals surface area contributed by atoms with E-state index >= 15 is 0 Å². The van der Waals surface area contributed by atoms with Crippen molar-refractivity contribution in [1.29, 1.82) is 0 Å². The van der Waals surface area contributed by atoms with Crippen molar-refractivity contribution in [2.45, 2.75) is 6.92 Å². The van der Waals surface area contributed by atoms with Crippen LogP contribution in [0.4, 0.5) is 0 Å². The van der Waals surface area contributed by atoms with Crippen LogP contribution in [0.2, 0.25) is 0 Å². The van der Waals surface area contributed by atoms with Crippen molar-refractivity contribution < 1.29 is 24.0 Å². The fourth-order valence-corrected chi connectivity index (χ4v) is 0.961. The molecule has 84 valence electrons. The van der Waals surface area contributed by atoms with Gasteiger partial charge in [-0.3, -0.25) is 4.79 Å². The largest absolute Gasteiger partial charge is 0.465 e. The summed E-state index contributed by atoms with van der Waals surface area (Å²) < 4.78 is 4.41. The fourth-order valence-electron chi connectivity index (χ4n) is 0.961. The molecule has 0 heterocycles. The summed E-state index contributed by atoms with van der Waals surface area (Å²) in [6.07, 6.45) is 3.67. The zero-order valence-corrected chi connectivity index (χ0v) is 8.72. The normalized spacial score (nSPS) is 17.0. The molecule has 1 rings (SSSR count). The summed E-state index contributed by atoms with van der Waals surface area (Å²) in [5.74, 6) is -1.83. The first-order chi connectivity index (χ1) is 7.54. The lowest BCUT2D eigenvalue weighted by Gasteiger charge is -2.05. The van der Waals surface area contributed by atoms with E-state index in [0.29, 0.717) is 0 Å². The van der Waals surface area contributed by atoms with Crippen molar-refractivity contribution in [3.63, 3.8) is 0 Å². The molecule has 6 heteroatoms. The zero-order chi connectivity index (χ0) is 12.1. The first-order valence-electron chi connectivity index (χ1n) is 4.32. The number of oxime groups is 1. The minimum atomic E-state index is -0.759. The Balaban J connectivity index is 2.92. The first kappa shape index (κ1) is 11.8. The van der Waals surface area contributed by atoms with Gasteiger partial charge in [-0.25, -0.2) is 9.59 Å². The summed E-state index contributed by atoms with van der Waals surface area (Å²) in [6.45, 7) is 1.19. The molecular weight excluding hydrogens is 214 g/mol. The summed E-state index contributed by atoms with van der Waals surface area (Å²) in [4.78, 5) is 37.3. The monoisotopic (exact) mass is 223 g/mol. The summed E-state index contributed by atoms with van der Waals surface area (Å²) in [7, 11) is 1.16. The van der Waals surface area contributed by atoms with Crippen LogP contribution < -0.4 is 0 Å². The average molecular weight is 223 g/mol. The van der Waals surface area contributed by atoms with E-state index in [9.17, 15) is 14.4 Å². The fraction of sp³-hybridized carbons (Fsp3) is 0.200. The number of ketones is 1. The summed E-state index contributed by atoms with van der Waals surface area (Å²) in [6, 6.07) is 0. The van der Waals surface area contributed by atoms with Crippen LogP contribution >= 0.6 is 0 Å². The molecule has 0 radical (unpaired) electrons. The van der Waals surface area contributed by atoms with Crippen LogP contribution in [0.5, 0.6) is 0 Å². The predicted molar refractivity (Wildman–Crippen MR) is 53.4 cm³/mol. The molecule has 0 spiro atoms. The van der Waals surface area contributed by atoms with Gasteiger partial charge in [0, 0.05) is 6.92 Å². The van der Waals surface area contributed by atoms with E-state index in [1.807, 2.05) is 0 Å². The SMILES string of the molecule is COC(=O)C1=C/C(=N\OC(C)=O)C=CC1=O. The highest BCUT2D eigenvalue weighted by Gasteiger charge is 2.20. The zero-order valence-electron chi connectivity index (χ0n) is 8.72. The first-order valence-corrected chi connectivity index (χ1v) is 4.32. The molecule has 0 fully saturated rings. The number of carbonyl (C=O) groups is 3. The molecule has 1 aliphatic carbocycles. The second kappa shape index (κ2) is 5.01. The van der Waals surface area contributed by atoms with Crippen molar-refractivity contribution in [2.24, 2.45) is 5.16 Å². The van der Waals surface area contributed by atoms with E-state index in [4.69, 9.17) is 0 Å². The minimum absolute atomic E-state index is 0.157. The molecule has 6 nitrogen and oxygen atoms in total. The van der Waals surface area contributed by atoms with Gasteiger partial charge in [0.15, 0.2) is 5.78 Å². The van der Waals surface area contributed by atoms with Gasteiger partial charge in [0.25, 0.3) is 0 Å². The van der Waals surface area contributed by atoms with Crippen molar-refractivity contribution in [1.82, 2.24) is 0 Å². The van der Waals surface area contributed by atoms with Crippen LogP contribution in [0.25, 0.3) is 0 Å². The molecule has 0 amide bonds. The van der Waals surface area contributed by atoms with E-state index in [1.54, 1.807) is 0 Å². The summed E-state index contributed by atoms with van der Waals surface area (Å²) in [5.41, 5.74) is 0.0334. The Morgan fingerprint density at radius 2 is 2.00 bits per heavy atom. The summed E-state index contributed by atoms with van der Waals surface area (Å²) >= 11 is 0. The van der Waals surface area contributed by atoms with E-state index in [0.717, 1.165) is 13.2 Å². The van der Waals surface area contributed by atoms with Crippen LogP contribution in [-0.2, 0) is 24.0 Å². The highest BCUT2D eigenvalue weighted by molar-refractivity contribution is 6.29. The number of hydrogen-bond acceptors (Lipinski definition) is 6. The lowest BCUT2D eigenvalue weighted by atomic mass is 10.0. The van der Waals surface area contributed by atoms with Crippen LogP contribution in [0, 0.1) is 0 Å². The molecule has 0 N–H and O–H groups in total. The Morgan fingerprint density at radius 3 is 2.56 bits per heavy atom. The lowest BCUT2D eigenvalue weighted by molar-refractivity contribution is -0.141. The van der Waals surface area contributed by atoms with Gasteiger partial charge in [-0.05, 0) is 18.2 Å². The Bertz CT molecular complexity index is 430. The molecule has 0 aromatic heterocycles. The molecule has 0 saturated carbocycles. The standard InChI is InChI=1S/C10H9NO5/c1-6(12)16-11-7-3-4-9(13)8(5-7)10(14)15-2/h3-5H,1-2H3/b11-7-. The molecule has 0 atom stereocenters. The van der Waals surface area contributed by atoms with Crippen LogP contribution in [0.15, 0.2) is 29.0 Å². The molecule has 0 unspecified atom stereocenters. The molecule has 1 aliphatic rings. The van der Waals surface area contributed by atoms with Gasteiger partial charge in [-0.1, -0.05) is 5.16 Å². The third-order valence-electron chi connectivity index (χ3n) is 1.65. The quantitative estimate of drug-likeness (QED) is 0.219. The maximum Gasteiger partial charge on any atom is 0.341 e. The number of methoxy groups -OCH3 is 1. The Morgan fingerprint density at radius 1 is 1.31 bits per heavy atom. The minimum Gasteiger partial charge on any atom is -0.465 e. The van der Waals surface area contributed by atoms with E-state index in [1.165, 1.54) is 19.1 Å². The Labute approximate surface area is 91.2 Å².